The van der Waals surface area contributed by atoms with E-state index in [2.05, 4.69) is 39.7 Å². The smallest absolute Gasteiger partial charge is 0.175 e. The number of halogens is 1. The number of aromatic amines is 1. The molecule has 2 aromatic rings. The monoisotopic (exact) mass is 312 g/mol. The molecule has 1 N–H and O–H groups in total. The van der Waals surface area contributed by atoms with Crippen molar-refractivity contribution in [3.8, 4) is 11.6 Å². The first kappa shape index (κ1) is 12.5. The molecule has 0 aromatic carbocycles. The maximum Gasteiger partial charge on any atom is 0.175 e. The number of hydrogen-bond acceptors (Lipinski definition) is 3. The van der Waals surface area contributed by atoms with Gasteiger partial charge in [0.1, 0.15) is 4.64 Å². The highest BCUT2D eigenvalue weighted by atomic mass is 79.9. The summed E-state index contributed by atoms with van der Waals surface area (Å²) in [5.41, 5.74) is 2.08. The molecule has 0 unspecified atom stereocenters. The fraction of sp³-hybridized carbons (Fsp3) is 0.333. The van der Waals surface area contributed by atoms with E-state index in [4.69, 9.17) is 16.6 Å². The molecule has 5 heteroatoms. The molecule has 2 rings (SSSR count). The molecule has 0 radical (unpaired) electrons. The Bertz CT molecular complexity index is 601. The predicted octanol–water partition coefficient (Wildman–Crippen LogP) is 4.59. The Labute approximate surface area is 113 Å². The van der Waals surface area contributed by atoms with Crippen LogP contribution in [0.3, 0.4) is 0 Å². The Morgan fingerprint density at radius 3 is 2.71 bits per heavy atom. The average molecular weight is 313 g/mol. The van der Waals surface area contributed by atoms with Crippen molar-refractivity contribution < 1.29 is 4.42 Å². The van der Waals surface area contributed by atoms with E-state index in [1.165, 1.54) is 0 Å². The van der Waals surface area contributed by atoms with E-state index in [-0.39, 0.29) is 0 Å². The van der Waals surface area contributed by atoms with Gasteiger partial charge in [0.2, 0.25) is 0 Å². The number of nitrogens with one attached hydrogen (secondary N) is 1. The van der Waals surface area contributed by atoms with Gasteiger partial charge in [0.05, 0.1) is 10.7 Å². The van der Waals surface area contributed by atoms with Crippen LogP contribution in [0.1, 0.15) is 31.0 Å². The number of aryl methyl sites for hydroxylation is 1. The maximum absolute atomic E-state index is 5.42. The molecule has 3 nitrogen and oxygen atoms in total. The molecule has 0 amide bonds. The number of nitrogens with zero attached hydrogens (tertiary/aromatic N) is 1. The summed E-state index contributed by atoms with van der Waals surface area (Å²) >= 11 is 8.71. The van der Waals surface area contributed by atoms with Crippen LogP contribution in [0.15, 0.2) is 21.2 Å². The first-order valence-electron chi connectivity index (χ1n) is 5.35. The van der Waals surface area contributed by atoms with Crippen LogP contribution in [0.25, 0.3) is 11.6 Å². The second-order valence-corrected chi connectivity index (χ2v) is 5.39. The third-order valence-corrected chi connectivity index (χ3v) is 3.91. The third kappa shape index (κ3) is 2.35. The minimum absolute atomic E-state index is 0.336. The summed E-state index contributed by atoms with van der Waals surface area (Å²) in [7, 11) is 0. The number of furan rings is 1. The number of hydrogen-bond donors (Lipinski definition) is 1. The minimum atomic E-state index is 0.336. The predicted molar refractivity (Wildman–Crippen MR) is 73.6 cm³/mol. The Morgan fingerprint density at radius 2 is 2.18 bits per heavy atom. The first-order valence-corrected chi connectivity index (χ1v) is 6.55. The van der Waals surface area contributed by atoms with Crippen molar-refractivity contribution >= 4 is 28.1 Å². The summed E-state index contributed by atoms with van der Waals surface area (Å²) in [5, 5.41) is 0. The zero-order chi connectivity index (χ0) is 12.6. The third-order valence-electron chi connectivity index (χ3n) is 2.55. The van der Waals surface area contributed by atoms with E-state index in [0.717, 1.165) is 21.5 Å². The molecular weight excluding hydrogens is 300 g/mol. The van der Waals surface area contributed by atoms with Crippen LogP contribution in [-0.4, -0.2) is 9.97 Å². The van der Waals surface area contributed by atoms with Crippen LogP contribution in [0.5, 0.6) is 0 Å². The largest absolute Gasteiger partial charge is 0.461 e. The van der Waals surface area contributed by atoms with Gasteiger partial charge < -0.3 is 9.40 Å². The van der Waals surface area contributed by atoms with E-state index in [1.54, 1.807) is 6.26 Å². The van der Waals surface area contributed by atoms with Crippen molar-refractivity contribution in [1.82, 2.24) is 9.97 Å². The molecule has 2 heterocycles. The van der Waals surface area contributed by atoms with E-state index in [0.29, 0.717) is 16.4 Å². The summed E-state index contributed by atoms with van der Waals surface area (Å²) in [5.74, 6) is 1.76. The lowest BCUT2D eigenvalue weighted by atomic mass is 10.1. The van der Waals surface area contributed by atoms with E-state index in [9.17, 15) is 0 Å². The molecule has 0 saturated carbocycles. The highest BCUT2D eigenvalue weighted by Gasteiger charge is 2.13. The fourth-order valence-corrected chi connectivity index (χ4v) is 2.44. The number of H-pyrrole nitrogens is 1. The van der Waals surface area contributed by atoms with Gasteiger partial charge in [-0.1, -0.05) is 26.1 Å². The standard InChI is InChI=1S/C12H13BrN2OS/c1-6(2)9-8(13)12(17)15-11(14-9)10-7(3)4-5-16-10/h4-6H,1-3H3,(H,14,15,17). The maximum atomic E-state index is 5.42. The zero-order valence-electron chi connectivity index (χ0n) is 9.87. The molecule has 17 heavy (non-hydrogen) atoms. The van der Waals surface area contributed by atoms with Gasteiger partial charge >= 0.3 is 0 Å². The molecule has 0 bridgehead atoms. The Hall–Kier alpha value is -0.940. The fourth-order valence-electron chi connectivity index (χ4n) is 1.60. The average Bonchev–Trinajstić information content (AvgIpc) is 2.68. The van der Waals surface area contributed by atoms with E-state index in [1.807, 2.05) is 13.0 Å². The molecular formula is C12H13BrN2OS. The van der Waals surface area contributed by atoms with Crippen LogP contribution in [0.2, 0.25) is 0 Å². The highest BCUT2D eigenvalue weighted by molar-refractivity contribution is 9.10. The van der Waals surface area contributed by atoms with Crippen LogP contribution >= 0.6 is 28.1 Å². The van der Waals surface area contributed by atoms with Crippen LogP contribution < -0.4 is 0 Å². The number of aromatic nitrogens is 2. The Kier molecular flexibility index (Phi) is 3.49. The molecule has 2 aromatic heterocycles. The van der Waals surface area contributed by atoms with Crippen molar-refractivity contribution in [3.63, 3.8) is 0 Å². The molecule has 0 aliphatic carbocycles. The van der Waals surface area contributed by atoms with Crippen molar-refractivity contribution in [3.05, 3.63) is 32.7 Å². The first-order chi connectivity index (χ1) is 8.00. The van der Waals surface area contributed by atoms with Gasteiger partial charge in [0.15, 0.2) is 11.6 Å². The van der Waals surface area contributed by atoms with Crippen molar-refractivity contribution in [2.45, 2.75) is 26.7 Å². The van der Waals surface area contributed by atoms with Gasteiger partial charge in [-0.2, -0.15) is 0 Å². The van der Waals surface area contributed by atoms with Crippen molar-refractivity contribution in [2.75, 3.05) is 0 Å². The minimum Gasteiger partial charge on any atom is -0.461 e. The normalized spacial score (nSPS) is 11.1. The molecule has 0 aliphatic rings. The van der Waals surface area contributed by atoms with Gasteiger partial charge in [-0.3, -0.25) is 0 Å². The highest BCUT2D eigenvalue weighted by Crippen LogP contribution is 2.27. The molecule has 0 fully saturated rings. The molecule has 0 saturated heterocycles. The van der Waals surface area contributed by atoms with Gasteiger partial charge in [0.25, 0.3) is 0 Å². The second kappa shape index (κ2) is 4.74. The lowest BCUT2D eigenvalue weighted by Crippen LogP contribution is -2.00. The summed E-state index contributed by atoms with van der Waals surface area (Å²) in [6.07, 6.45) is 1.65. The topological polar surface area (TPSA) is 41.8 Å². The van der Waals surface area contributed by atoms with E-state index >= 15 is 0 Å². The molecule has 0 aliphatic heterocycles. The summed E-state index contributed by atoms with van der Waals surface area (Å²) < 4.78 is 6.84. The quantitative estimate of drug-likeness (QED) is 0.824. The Morgan fingerprint density at radius 1 is 1.47 bits per heavy atom. The SMILES string of the molecule is Cc1ccoc1-c1nc(=S)c(Br)c(C(C)C)[nH]1. The van der Waals surface area contributed by atoms with E-state index < -0.39 is 0 Å². The zero-order valence-corrected chi connectivity index (χ0v) is 12.3. The molecule has 0 atom stereocenters. The van der Waals surface area contributed by atoms with Crippen molar-refractivity contribution in [1.29, 1.82) is 0 Å². The van der Waals surface area contributed by atoms with Gasteiger partial charge in [-0.05, 0) is 40.4 Å². The van der Waals surface area contributed by atoms with Gasteiger partial charge in [-0.25, -0.2) is 4.98 Å². The lowest BCUT2D eigenvalue weighted by Gasteiger charge is -2.10. The molecule has 0 spiro atoms. The summed E-state index contributed by atoms with van der Waals surface area (Å²) in [6, 6.07) is 1.91. The van der Waals surface area contributed by atoms with Crippen LogP contribution in [0.4, 0.5) is 0 Å². The molecule has 90 valence electrons. The Balaban J connectivity index is 2.66. The van der Waals surface area contributed by atoms with Gasteiger partial charge in [0, 0.05) is 5.69 Å². The van der Waals surface area contributed by atoms with Crippen LogP contribution in [0, 0.1) is 11.6 Å². The van der Waals surface area contributed by atoms with Crippen LogP contribution in [-0.2, 0) is 0 Å². The second-order valence-electron chi connectivity index (χ2n) is 4.21. The van der Waals surface area contributed by atoms with Gasteiger partial charge in [-0.15, -0.1) is 0 Å². The van der Waals surface area contributed by atoms with Crippen molar-refractivity contribution in [2.24, 2.45) is 0 Å². The summed E-state index contributed by atoms with van der Waals surface area (Å²) in [4.78, 5) is 7.62. The number of rotatable bonds is 2. The summed E-state index contributed by atoms with van der Waals surface area (Å²) in [6.45, 7) is 6.18. The lowest BCUT2D eigenvalue weighted by molar-refractivity contribution is 0.574.